The summed E-state index contributed by atoms with van der Waals surface area (Å²) in [6.45, 7) is 5.68. The van der Waals surface area contributed by atoms with Crippen LogP contribution in [0, 0.1) is 0 Å². The van der Waals surface area contributed by atoms with Crippen molar-refractivity contribution in [1.29, 1.82) is 0 Å². The van der Waals surface area contributed by atoms with Crippen LogP contribution in [0.5, 0.6) is 0 Å². The van der Waals surface area contributed by atoms with Gasteiger partial charge in [-0.2, -0.15) is 0 Å². The van der Waals surface area contributed by atoms with Crippen LogP contribution in [0.2, 0.25) is 0 Å². The van der Waals surface area contributed by atoms with E-state index in [1.165, 1.54) is 70.6 Å². The first-order valence-electron chi connectivity index (χ1n) is 30.9. The van der Waals surface area contributed by atoms with E-state index in [-0.39, 0.29) is 25.9 Å². The average Bonchev–Trinajstić information content (AvgIpc) is 3.47. The number of aliphatic carboxylic acids is 1. The highest BCUT2D eigenvalue weighted by Gasteiger charge is 2.50. The number of unbranched alkanes of at least 4 members (excludes halogenated alkanes) is 19. The number of carbonyl (C=O) groups excluding carboxylic acids is 3. The highest BCUT2D eigenvalue weighted by atomic mass is 16.7. The van der Waals surface area contributed by atoms with E-state index in [0.29, 0.717) is 25.7 Å². The molecule has 0 aromatic rings. The van der Waals surface area contributed by atoms with Gasteiger partial charge in [-0.3, -0.25) is 14.4 Å². The summed E-state index contributed by atoms with van der Waals surface area (Å²) in [5.74, 6) is -3.27. The molecule has 6 atom stereocenters. The lowest BCUT2D eigenvalue weighted by Crippen LogP contribution is -2.61. The Morgan fingerprint density at radius 3 is 1.28 bits per heavy atom. The lowest BCUT2D eigenvalue weighted by molar-refractivity contribution is -0.301. The number of aliphatic hydroxyl groups is 2. The van der Waals surface area contributed by atoms with Gasteiger partial charge in [-0.15, -0.1) is 0 Å². The topological polar surface area (TPSA) is 175 Å². The number of allylic oxidation sites excluding steroid dienone is 18. The van der Waals surface area contributed by atoms with E-state index in [0.717, 1.165) is 103 Å². The van der Waals surface area contributed by atoms with Crippen LogP contribution in [0.25, 0.3) is 0 Å². The van der Waals surface area contributed by atoms with E-state index >= 15 is 0 Å². The third-order valence-electron chi connectivity index (χ3n) is 13.3. The molecule has 0 aromatic heterocycles. The van der Waals surface area contributed by atoms with Crippen LogP contribution < -0.4 is 0 Å². The number of aliphatic hydroxyl groups excluding tert-OH is 2. The van der Waals surface area contributed by atoms with E-state index in [4.69, 9.17) is 23.7 Å². The van der Waals surface area contributed by atoms with Crippen molar-refractivity contribution in [3.05, 3.63) is 109 Å². The summed E-state index contributed by atoms with van der Waals surface area (Å²) < 4.78 is 28.3. The first kappa shape index (κ1) is 72.4. The number of esters is 3. The lowest BCUT2D eigenvalue weighted by Gasteiger charge is -2.40. The predicted molar refractivity (Wildman–Crippen MR) is 321 cm³/mol. The zero-order valence-corrected chi connectivity index (χ0v) is 49.3. The molecule has 1 heterocycles. The van der Waals surface area contributed by atoms with Crippen LogP contribution in [-0.4, -0.2) is 89.2 Å². The standard InChI is InChI=1S/C67H108O12/c1-4-7-10-13-16-19-22-25-27-29-30-32-34-37-40-43-46-49-52-55-61(70)78-65-63(72)62(71)64(66(73)74)79-67(65)76-57-58(77-60(69)54-51-48-45-42-39-35-24-21-18-15-12-9-6-3)56-75-59(68)53-50-47-44-41-38-36-33-31-28-26-23-20-17-14-11-8-5-2/h8-9,11-12,17-18,20-21,25-28,33,35-36,39,45,48,58,62-65,67,71-72H,4-7,10,13-16,19,22-24,29-32,34,37-38,40-44,46-47,49-57H2,1-3H3,(H,73,74)/b11-8-,12-9-,20-17-,21-18-,27-25-,28-26-,36-33-,39-35-,48-45-. The van der Waals surface area contributed by atoms with Crippen molar-refractivity contribution >= 4 is 23.9 Å². The molecular formula is C67H108O12. The number of ether oxygens (including phenoxy) is 5. The maximum absolute atomic E-state index is 13.1. The van der Waals surface area contributed by atoms with Crippen molar-refractivity contribution < 1.29 is 58.2 Å². The highest BCUT2D eigenvalue weighted by molar-refractivity contribution is 5.74. The minimum atomic E-state index is -1.92. The van der Waals surface area contributed by atoms with Gasteiger partial charge in [-0.25, -0.2) is 4.79 Å². The second-order valence-electron chi connectivity index (χ2n) is 20.6. The number of hydrogen-bond acceptors (Lipinski definition) is 11. The molecule has 0 spiro atoms. The molecular weight excluding hydrogens is 997 g/mol. The van der Waals surface area contributed by atoms with Gasteiger partial charge in [-0.05, 0) is 109 Å². The number of rotatable bonds is 51. The van der Waals surface area contributed by atoms with E-state index < -0.39 is 67.3 Å². The van der Waals surface area contributed by atoms with Crippen molar-refractivity contribution in [1.82, 2.24) is 0 Å². The molecule has 1 aliphatic rings. The molecule has 0 aromatic carbocycles. The second kappa shape index (κ2) is 54.0. The summed E-state index contributed by atoms with van der Waals surface area (Å²) in [6, 6.07) is 0. The van der Waals surface area contributed by atoms with Gasteiger partial charge < -0.3 is 39.0 Å². The molecule has 79 heavy (non-hydrogen) atoms. The summed E-state index contributed by atoms with van der Waals surface area (Å²) >= 11 is 0. The van der Waals surface area contributed by atoms with Crippen LogP contribution in [-0.2, 0) is 42.9 Å². The fourth-order valence-corrected chi connectivity index (χ4v) is 8.66. The maximum Gasteiger partial charge on any atom is 0.335 e. The highest BCUT2D eigenvalue weighted by Crippen LogP contribution is 2.26. The first-order chi connectivity index (χ1) is 38.6. The Bertz CT molecular complexity index is 1790. The predicted octanol–water partition coefficient (Wildman–Crippen LogP) is 16.2. The SMILES string of the molecule is CC/C=C\C/C=C\C/C=C\C/C=C\CCCCCCC(=O)OCC(COC1OC(C(=O)O)C(O)C(O)C1OC(=O)CCCCCCCCCCC/C=C\CCCCCCCC)OC(=O)CC/C=C\C/C=C\C/C=C\C/C=C\CC. The molecule has 1 fully saturated rings. The summed E-state index contributed by atoms with van der Waals surface area (Å²) in [5, 5.41) is 31.5. The molecule has 1 saturated heterocycles. The Hall–Kier alpha value is -4.62. The quantitative estimate of drug-likeness (QED) is 0.0228. The third kappa shape index (κ3) is 43.8. The summed E-state index contributed by atoms with van der Waals surface area (Å²) in [4.78, 5) is 51.2. The second-order valence-corrected chi connectivity index (χ2v) is 20.6. The van der Waals surface area contributed by atoms with Crippen LogP contribution in [0.4, 0.5) is 0 Å². The molecule has 12 heteroatoms. The minimum absolute atomic E-state index is 0.0310. The molecule has 0 aliphatic carbocycles. The fourth-order valence-electron chi connectivity index (χ4n) is 8.66. The minimum Gasteiger partial charge on any atom is -0.479 e. The molecule has 1 rings (SSSR count). The first-order valence-corrected chi connectivity index (χ1v) is 30.9. The van der Waals surface area contributed by atoms with Crippen molar-refractivity contribution in [2.45, 2.75) is 276 Å². The van der Waals surface area contributed by atoms with Crippen LogP contribution in [0.15, 0.2) is 109 Å². The summed E-state index contributed by atoms with van der Waals surface area (Å²) in [6.07, 6.45) is 60.7. The van der Waals surface area contributed by atoms with Crippen molar-refractivity contribution in [2.75, 3.05) is 13.2 Å². The number of carbonyl (C=O) groups is 4. The summed E-state index contributed by atoms with van der Waals surface area (Å²) in [7, 11) is 0. The Kier molecular flexibility index (Phi) is 49.5. The van der Waals surface area contributed by atoms with E-state index in [2.05, 4.69) is 118 Å². The van der Waals surface area contributed by atoms with Gasteiger partial charge in [0.1, 0.15) is 18.8 Å². The van der Waals surface area contributed by atoms with Crippen LogP contribution in [0.1, 0.15) is 239 Å². The van der Waals surface area contributed by atoms with Crippen molar-refractivity contribution in [3.63, 3.8) is 0 Å². The van der Waals surface area contributed by atoms with Gasteiger partial charge in [-0.1, -0.05) is 220 Å². The molecule has 6 unspecified atom stereocenters. The Labute approximate surface area is 478 Å². The van der Waals surface area contributed by atoms with Crippen LogP contribution >= 0.6 is 0 Å². The molecule has 1 aliphatic heterocycles. The molecule has 0 saturated carbocycles. The largest absolute Gasteiger partial charge is 0.479 e. The van der Waals surface area contributed by atoms with E-state index in [1.54, 1.807) is 0 Å². The van der Waals surface area contributed by atoms with E-state index in [1.807, 2.05) is 12.2 Å². The Morgan fingerprint density at radius 2 is 0.823 bits per heavy atom. The molecule has 0 amide bonds. The van der Waals surface area contributed by atoms with E-state index in [9.17, 15) is 34.5 Å². The van der Waals surface area contributed by atoms with Gasteiger partial charge in [0.2, 0.25) is 0 Å². The van der Waals surface area contributed by atoms with Gasteiger partial charge in [0.05, 0.1) is 6.61 Å². The smallest absolute Gasteiger partial charge is 0.335 e. The summed E-state index contributed by atoms with van der Waals surface area (Å²) in [5.41, 5.74) is 0. The van der Waals surface area contributed by atoms with Crippen LogP contribution in [0.3, 0.4) is 0 Å². The number of carboxylic acid groups (broad SMARTS) is 1. The molecule has 12 nitrogen and oxygen atoms in total. The average molecular weight is 1110 g/mol. The van der Waals surface area contributed by atoms with Gasteiger partial charge in [0.25, 0.3) is 0 Å². The maximum atomic E-state index is 13.1. The molecule has 0 bridgehead atoms. The fraction of sp³-hybridized carbons (Fsp3) is 0.672. The Morgan fingerprint density at radius 1 is 0.430 bits per heavy atom. The Balaban J connectivity index is 2.70. The zero-order chi connectivity index (χ0) is 57.5. The van der Waals surface area contributed by atoms with Crippen molar-refractivity contribution in [3.8, 4) is 0 Å². The van der Waals surface area contributed by atoms with Gasteiger partial charge in [0.15, 0.2) is 24.6 Å². The number of carboxylic acids is 1. The monoisotopic (exact) mass is 1100 g/mol. The van der Waals surface area contributed by atoms with Crippen molar-refractivity contribution in [2.24, 2.45) is 0 Å². The number of hydrogen-bond donors (Lipinski definition) is 3. The molecule has 448 valence electrons. The van der Waals surface area contributed by atoms with Gasteiger partial charge >= 0.3 is 23.9 Å². The third-order valence-corrected chi connectivity index (χ3v) is 13.3. The molecule has 3 N–H and O–H groups in total. The van der Waals surface area contributed by atoms with Gasteiger partial charge in [0, 0.05) is 19.3 Å². The normalized spacial score (nSPS) is 18.6. The molecule has 0 radical (unpaired) electrons. The zero-order valence-electron chi connectivity index (χ0n) is 49.3. The lowest BCUT2D eigenvalue weighted by atomic mass is 9.98.